The van der Waals surface area contributed by atoms with Crippen molar-refractivity contribution >= 4 is 16.5 Å². The summed E-state index contributed by atoms with van der Waals surface area (Å²) in [5.74, 6) is 0. The molecular formula is C23H19N. The SMILES string of the molecule is N/C(=C1/C=CC=CC1)c1ccc(-c2cccc3ccccc23)cc1. The molecule has 4 rings (SSSR count). The number of hydrogen-bond acceptors (Lipinski definition) is 1. The molecule has 116 valence electrons. The topological polar surface area (TPSA) is 26.0 Å². The summed E-state index contributed by atoms with van der Waals surface area (Å²) in [6.45, 7) is 0. The van der Waals surface area contributed by atoms with Crippen LogP contribution in [0.3, 0.4) is 0 Å². The van der Waals surface area contributed by atoms with Crippen molar-refractivity contribution in [3.63, 3.8) is 0 Å². The van der Waals surface area contributed by atoms with Gasteiger partial charge in [0.2, 0.25) is 0 Å². The Morgan fingerprint density at radius 2 is 1.58 bits per heavy atom. The van der Waals surface area contributed by atoms with E-state index in [1.54, 1.807) is 0 Å². The number of fused-ring (bicyclic) bond motifs is 1. The van der Waals surface area contributed by atoms with E-state index in [1.807, 2.05) is 6.08 Å². The summed E-state index contributed by atoms with van der Waals surface area (Å²) in [7, 11) is 0. The Bertz CT molecular complexity index is 967. The Kier molecular flexibility index (Phi) is 3.76. The van der Waals surface area contributed by atoms with Crippen LogP contribution < -0.4 is 5.73 Å². The third-order valence-corrected chi connectivity index (χ3v) is 4.52. The predicted molar refractivity (Wildman–Crippen MR) is 103 cm³/mol. The van der Waals surface area contributed by atoms with Crippen molar-refractivity contribution < 1.29 is 0 Å². The van der Waals surface area contributed by atoms with Gasteiger partial charge < -0.3 is 5.73 Å². The fraction of sp³-hybridized carbons (Fsp3) is 0.0435. The summed E-state index contributed by atoms with van der Waals surface area (Å²) >= 11 is 0. The average Bonchev–Trinajstić information content (AvgIpc) is 2.68. The third kappa shape index (κ3) is 2.65. The van der Waals surface area contributed by atoms with Crippen LogP contribution in [0.1, 0.15) is 12.0 Å². The van der Waals surface area contributed by atoms with Crippen LogP contribution in [-0.2, 0) is 0 Å². The summed E-state index contributed by atoms with van der Waals surface area (Å²) in [6, 6.07) is 23.5. The highest BCUT2D eigenvalue weighted by atomic mass is 14.6. The molecule has 0 saturated heterocycles. The summed E-state index contributed by atoms with van der Waals surface area (Å²) in [5, 5.41) is 2.54. The first-order valence-electron chi connectivity index (χ1n) is 8.23. The molecule has 0 aliphatic heterocycles. The molecule has 0 saturated carbocycles. The van der Waals surface area contributed by atoms with Crippen molar-refractivity contribution in [2.45, 2.75) is 6.42 Å². The van der Waals surface area contributed by atoms with Gasteiger partial charge in [0.25, 0.3) is 0 Å². The van der Waals surface area contributed by atoms with E-state index < -0.39 is 0 Å². The zero-order chi connectivity index (χ0) is 16.4. The van der Waals surface area contributed by atoms with E-state index in [1.165, 1.54) is 27.5 Å². The standard InChI is InChI=1S/C23H19N/c24-23(19-8-2-1-3-9-19)20-15-13-18(14-16-20)22-12-6-10-17-7-4-5-11-21(17)22/h1-8,10-16H,9,24H2/b23-19-. The molecule has 0 heterocycles. The molecule has 0 fully saturated rings. The van der Waals surface area contributed by atoms with Gasteiger partial charge in [0.15, 0.2) is 0 Å². The molecule has 0 atom stereocenters. The predicted octanol–water partition coefficient (Wildman–Crippen LogP) is 5.69. The van der Waals surface area contributed by atoms with Crippen LogP contribution in [0, 0.1) is 0 Å². The Balaban J connectivity index is 1.74. The van der Waals surface area contributed by atoms with Crippen LogP contribution in [0.4, 0.5) is 0 Å². The lowest BCUT2D eigenvalue weighted by Gasteiger charge is -2.11. The molecule has 3 aromatic carbocycles. The molecule has 1 aliphatic carbocycles. The van der Waals surface area contributed by atoms with Crippen molar-refractivity contribution in [2.75, 3.05) is 0 Å². The molecule has 0 bridgehead atoms. The van der Waals surface area contributed by atoms with E-state index >= 15 is 0 Å². The highest BCUT2D eigenvalue weighted by Gasteiger charge is 2.06. The van der Waals surface area contributed by atoms with Gasteiger partial charge in [0.05, 0.1) is 0 Å². The number of allylic oxidation sites excluding steroid dienone is 5. The van der Waals surface area contributed by atoms with Gasteiger partial charge in [-0.05, 0) is 39.5 Å². The number of nitrogens with two attached hydrogens (primary N) is 1. The fourth-order valence-corrected chi connectivity index (χ4v) is 3.20. The zero-order valence-electron chi connectivity index (χ0n) is 13.4. The van der Waals surface area contributed by atoms with Gasteiger partial charge in [-0.25, -0.2) is 0 Å². The monoisotopic (exact) mass is 309 g/mol. The van der Waals surface area contributed by atoms with Crippen molar-refractivity contribution in [1.29, 1.82) is 0 Å². The molecule has 0 radical (unpaired) electrons. The lowest BCUT2D eigenvalue weighted by molar-refractivity contribution is 1.25. The van der Waals surface area contributed by atoms with Crippen molar-refractivity contribution in [2.24, 2.45) is 5.73 Å². The van der Waals surface area contributed by atoms with E-state index in [-0.39, 0.29) is 0 Å². The highest BCUT2D eigenvalue weighted by molar-refractivity contribution is 5.96. The summed E-state index contributed by atoms with van der Waals surface area (Å²) in [6.07, 6.45) is 9.21. The summed E-state index contributed by atoms with van der Waals surface area (Å²) < 4.78 is 0. The van der Waals surface area contributed by atoms with Gasteiger partial charge >= 0.3 is 0 Å². The molecular weight excluding hydrogens is 290 g/mol. The minimum Gasteiger partial charge on any atom is -0.398 e. The summed E-state index contributed by atoms with van der Waals surface area (Å²) in [5.41, 5.74) is 11.9. The molecule has 0 spiro atoms. The molecule has 2 N–H and O–H groups in total. The van der Waals surface area contributed by atoms with Crippen LogP contribution in [0.25, 0.3) is 27.6 Å². The Labute approximate surface area is 142 Å². The van der Waals surface area contributed by atoms with E-state index in [0.717, 1.165) is 17.7 Å². The maximum atomic E-state index is 6.34. The second-order valence-electron chi connectivity index (χ2n) is 6.03. The van der Waals surface area contributed by atoms with Crippen LogP contribution in [-0.4, -0.2) is 0 Å². The highest BCUT2D eigenvalue weighted by Crippen LogP contribution is 2.29. The third-order valence-electron chi connectivity index (χ3n) is 4.52. The smallest absolute Gasteiger partial charge is 0.0423 e. The van der Waals surface area contributed by atoms with Gasteiger partial charge in [0.1, 0.15) is 0 Å². The van der Waals surface area contributed by atoms with Crippen LogP contribution >= 0.6 is 0 Å². The second-order valence-corrected chi connectivity index (χ2v) is 6.03. The lowest BCUT2D eigenvalue weighted by Crippen LogP contribution is -2.01. The fourth-order valence-electron chi connectivity index (χ4n) is 3.20. The Morgan fingerprint density at radius 3 is 2.38 bits per heavy atom. The maximum Gasteiger partial charge on any atom is 0.0423 e. The van der Waals surface area contributed by atoms with Gasteiger partial charge in [-0.3, -0.25) is 0 Å². The van der Waals surface area contributed by atoms with Crippen molar-refractivity contribution in [1.82, 2.24) is 0 Å². The minimum absolute atomic E-state index is 0.861. The van der Waals surface area contributed by atoms with Crippen molar-refractivity contribution in [3.8, 4) is 11.1 Å². The molecule has 1 nitrogen and oxygen atoms in total. The number of benzene rings is 3. The van der Waals surface area contributed by atoms with E-state index in [4.69, 9.17) is 5.73 Å². The normalized spacial score (nSPS) is 15.7. The molecule has 0 aromatic heterocycles. The number of rotatable bonds is 2. The van der Waals surface area contributed by atoms with Crippen LogP contribution in [0.5, 0.6) is 0 Å². The summed E-state index contributed by atoms with van der Waals surface area (Å²) in [4.78, 5) is 0. The number of hydrogen-bond donors (Lipinski definition) is 1. The van der Waals surface area contributed by atoms with E-state index in [9.17, 15) is 0 Å². The Hall–Kier alpha value is -3.06. The van der Waals surface area contributed by atoms with E-state index in [0.29, 0.717) is 0 Å². The van der Waals surface area contributed by atoms with Crippen LogP contribution in [0.2, 0.25) is 0 Å². The zero-order valence-corrected chi connectivity index (χ0v) is 13.4. The molecule has 24 heavy (non-hydrogen) atoms. The largest absolute Gasteiger partial charge is 0.398 e. The molecule has 3 aromatic rings. The quantitative estimate of drug-likeness (QED) is 0.646. The average molecular weight is 309 g/mol. The van der Waals surface area contributed by atoms with Gasteiger partial charge in [-0.15, -0.1) is 0 Å². The van der Waals surface area contributed by atoms with Gasteiger partial charge in [-0.2, -0.15) is 0 Å². The van der Waals surface area contributed by atoms with Crippen molar-refractivity contribution in [3.05, 3.63) is 102 Å². The molecule has 1 aliphatic rings. The first-order valence-corrected chi connectivity index (χ1v) is 8.23. The molecule has 0 amide bonds. The Morgan fingerprint density at radius 1 is 0.792 bits per heavy atom. The van der Waals surface area contributed by atoms with Gasteiger partial charge in [0, 0.05) is 5.70 Å². The molecule has 0 unspecified atom stereocenters. The van der Waals surface area contributed by atoms with Gasteiger partial charge in [-0.1, -0.05) is 91.0 Å². The second kappa shape index (κ2) is 6.21. The maximum absolute atomic E-state index is 6.34. The lowest BCUT2D eigenvalue weighted by atomic mass is 9.96. The minimum atomic E-state index is 0.861. The van der Waals surface area contributed by atoms with E-state index in [2.05, 4.69) is 85.0 Å². The first kappa shape index (κ1) is 14.5. The molecule has 1 heteroatoms. The first-order chi connectivity index (χ1) is 11.8. The van der Waals surface area contributed by atoms with Crippen LogP contribution in [0.15, 0.2) is 96.6 Å².